The Balaban J connectivity index is 1.49. The van der Waals surface area contributed by atoms with Crippen LogP contribution in [-0.4, -0.2) is 39.8 Å². The van der Waals surface area contributed by atoms with E-state index in [-0.39, 0.29) is 40.2 Å². The zero-order chi connectivity index (χ0) is 42.4. The molecule has 0 amide bonds. The van der Waals surface area contributed by atoms with Crippen LogP contribution in [0.2, 0.25) is 0 Å². The van der Waals surface area contributed by atoms with Crippen LogP contribution in [0, 0.1) is 41.5 Å². The van der Waals surface area contributed by atoms with Gasteiger partial charge in [-0.05, 0) is 144 Å². The summed E-state index contributed by atoms with van der Waals surface area (Å²) in [5.41, 5.74) is 12.0. The molecular weight excluding hydrogens is 725 g/mol. The van der Waals surface area contributed by atoms with E-state index in [4.69, 9.17) is 9.47 Å². The summed E-state index contributed by atoms with van der Waals surface area (Å²) in [4.78, 5) is 0. The summed E-state index contributed by atoms with van der Waals surface area (Å²) in [6, 6.07) is 28.4. The van der Waals surface area contributed by atoms with Crippen LogP contribution in [-0.2, 0) is 23.7 Å². The van der Waals surface area contributed by atoms with E-state index in [9.17, 15) is 25.5 Å². The van der Waals surface area contributed by atoms with Gasteiger partial charge >= 0.3 is 0 Å². The average molecular weight is 781 g/mol. The number of methoxy groups -OCH3 is 2. The van der Waals surface area contributed by atoms with Gasteiger partial charge in [0.1, 0.15) is 23.0 Å². The number of benzene rings is 6. The highest BCUT2D eigenvalue weighted by Gasteiger charge is 2.34. The van der Waals surface area contributed by atoms with Crippen molar-refractivity contribution in [1.82, 2.24) is 0 Å². The lowest BCUT2D eigenvalue weighted by Crippen LogP contribution is -2.27. The topological polar surface area (TPSA) is 120 Å². The Kier molecular flexibility index (Phi) is 11.2. The van der Waals surface area contributed by atoms with Gasteiger partial charge in [0.15, 0.2) is 11.5 Å². The maximum atomic E-state index is 11.9. The minimum absolute atomic E-state index is 0.0856. The molecule has 302 valence electrons. The highest BCUT2D eigenvalue weighted by Crippen LogP contribution is 2.45. The molecule has 5 N–H and O–H groups in total. The Morgan fingerprint density at radius 2 is 0.741 bits per heavy atom. The van der Waals surface area contributed by atoms with Crippen LogP contribution in [0.5, 0.6) is 40.2 Å². The lowest BCUT2D eigenvalue weighted by Gasteiger charge is -2.34. The van der Waals surface area contributed by atoms with Gasteiger partial charge in [-0.25, -0.2) is 0 Å². The molecule has 0 radical (unpaired) electrons. The van der Waals surface area contributed by atoms with Crippen LogP contribution in [0.25, 0.3) is 0 Å². The first-order valence-corrected chi connectivity index (χ1v) is 19.6. The molecule has 0 aliphatic carbocycles. The van der Waals surface area contributed by atoms with Gasteiger partial charge in [-0.15, -0.1) is 0 Å². The highest BCUT2D eigenvalue weighted by atomic mass is 16.5. The first-order chi connectivity index (χ1) is 27.3. The van der Waals surface area contributed by atoms with Crippen LogP contribution in [0.15, 0.2) is 84.9 Å². The normalized spacial score (nSPS) is 11.8. The lowest BCUT2D eigenvalue weighted by molar-refractivity contribution is 0.339. The van der Waals surface area contributed by atoms with E-state index in [0.29, 0.717) is 18.4 Å². The van der Waals surface area contributed by atoms with Gasteiger partial charge in [-0.1, -0.05) is 86.6 Å². The molecule has 7 heteroatoms. The van der Waals surface area contributed by atoms with Gasteiger partial charge in [0.05, 0.1) is 14.2 Å². The van der Waals surface area contributed by atoms with Crippen molar-refractivity contribution in [3.63, 3.8) is 0 Å². The number of phenols is 5. The summed E-state index contributed by atoms with van der Waals surface area (Å²) < 4.78 is 10.9. The fourth-order valence-electron chi connectivity index (χ4n) is 8.40. The maximum absolute atomic E-state index is 11.9. The van der Waals surface area contributed by atoms with Gasteiger partial charge in [0, 0.05) is 23.7 Å². The van der Waals surface area contributed by atoms with Crippen molar-refractivity contribution >= 4 is 0 Å². The van der Waals surface area contributed by atoms with Crippen LogP contribution in [0.3, 0.4) is 0 Å². The van der Waals surface area contributed by atoms with Crippen molar-refractivity contribution in [3.8, 4) is 40.2 Å². The largest absolute Gasteiger partial charge is 0.507 e. The second kappa shape index (κ2) is 15.7. The standard InChI is InChI=1S/C51H56O7/c1-28-16-34(17-29(2)45(28)52)22-36-26-40(27-37(48(36)55)23-35-24-43(57-10)49(56)44(25-35)58-11)50(7,8)38-12-14-39(15-13-38)51(9,41-18-30(3)46(53)31(4)19-41)42-20-32(5)47(54)33(6)21-42/h12-21,24-27,52-56H,22-23H2,1-11H3. The number of hydrogen-bond acceptors (Lipinski definition) is 7. The Morgan fingerprint density at radius 3 is 1.12 bits per heavy atom. The highest BCUT2D eigenvalue weighted by molar-refractivity contribution is 5.59. The fraction of sp³-hybridized carbons (Fsp3) is 0.294. The van der Waals surface area contributed by atoms with Gasteiger partial charge in [-0.3, -0.25) is 0 Å². The Morgan fingerprint density at radius 1 is 0.397 bits per heavy atom. The van der Waals surface area contributed by atoms with E-state index in [1.807, 2.05) is 77.9 Å². The Labute approximate surface area is 342 Å². The molecular formula is C51H56O7. The molecule has 0 fully saturated rings. The van der Waals surface area contributed by atoms with Crippen LogP contribution < -0.4 is 9.47 Å². The fourth-order valence-corrected chi connectivity index (χ4v) is 8.40. The lowest BCUT2D eigenvalue weighted by atomic mass is 9.68. The molecule has 0 heterocycles. The Hall–Kier alpha value is -6.08. The van der Waals surface area contributed by atoms with Gasteiger partial charge in [0.2, 0.25) is 5.75 Å². The van der Waals surface area contributed by atoms with E-state index in [1.165, 1.54) is 14.2 Å². The van der Waals surface area contributed by atoms with Crippen molar-refractivity contribution in [1.29, 1.82) is 0 Å². The summed E-state index contributed by atoms with van der Waals surface area (Å²) in [6.07, 6.45) is 0.790. The molecule has 0 spiro atoms. The van der Waals surface area contributed by atoms with Crippen LogP contribution in [0.1, 0.15) is 104 Å². The van der Waals surface area contributed by atoms with Gasteiger partial charge < -0.3 is 35.0 Å². The molecule has 58 heavy (non-hydrogen) atoms. The number of ether oxygens (including phenoxy) is 2. The van der Waals surface area contributed by atoms with Gasteiger partial charge in [-0.2, -0.15) is 0 Å². The van der Waals surface area contributed by atoms with Crippen molar-refractivity contribution < 1.29 is 35.0 Å². The van der Waals surface area contributed by atoms with Crippen LogP contribution >= 0.6 is 0 Å². The number of rotatable bonds is 11. The Bertz CT molecular complexity index is 2380. The van der Waals surface area contributed by atoms with E-state index < -0.39 is 10.8 Å². The smallest absolute Gasteiger partial charge is 0.200 e. The quantitative estimate of drug-likeness (QED) is 0.0831. The summed E-state index contributed by atoms with van der Waals surface area (Å²) in [6.45, 7) is 18.0. The number of phenolic OH excluding ortho intramolecular Hbond substituents is 5. The van der Waals surface area contributed by atoms with Crippen molar-refractivity contribution in [2.75, 3.05) is 14.2 Å². The predicted molar refractivity (Wildman–Crippen MR) is 232 cm³/mol. The summed E-state index contributed by atoms with van der Waals surface area (Å²) in [7, 11) is 2.98. The molecule has 0 bridgehead atoms. The first kappa shape index (κ1) is 41.6. The number of hydrogen-bond donors (Lipinski definition) is 5. The summed E-state index contributed by atoms with van der Waals surface area (Å²) in [5.74, 6) is 1.49. The van der Waals surface area contributed by atoms with Crippen molar-refractivity contribution in [2.45, 2.75) is 86.0 Å². The van der Waals surface area contributed by atoms with Crippen molar-refractivity contribution in [2.24, 2.45) is 0 Å². The number of aromatic hydroxyl groups is 5. The minimum Gasteiger partial charge on any atom is -0.507 e. The molecule has 6 aromatic carbocycles. The van der Waals surface area contributed by atoms with Gasteiger partial charge in [0.25, 0.3) is 0 Å². The molecule has 0 aliphatic rings. The molecule has 0 atom stereocenters. The van der Waals surface area contributed by atoms with E-state index >= 15 is 0 Å². The second-order valence-electron chi connectivity index (χ2n) is 16.7. The van der Waals surface area contributed by atoms with Crippen molar-refractivity contribution in [3.05, 3.63) is 168 Å². The average Bonchev–Trinajstić information content (AvgIpc) is 3.19. The zero-order valence-corrected chi connectivity index (χ0v) is 35.5. The molecule has 0 saturated heterocycles. The molecule has 0 aromatic heterocycles. The molecule has 0 saturated carbocycles. The third-order valence-corrected chi connectivity index (χ3v) is 12.2. The maximum Gasteiger partial charge on any atom is 0.200 e. The third-order valence-electron chi connectivity index (χ3n) is 12.2. The predicted octanol–water partition coefficient (Wildman–Crippen LogP) is 10.9. The second-order valence-corrected chi connectivity index (χ2v) is 16.7. The molecule has 0 unspecified atom stereocenters. The third kappa shape index (κ3) is 7.53. The summed E-state index contributed by atoms with van der Waals surface area (Å²) >= 11 is 0. The number of aryl methyl sites for hydroxylation is 6. The zero-order valence-electron chi connectivity index (χ0n) is 35.5. The summed E-state index contributed by atoms with van der Waals surface area (Å²) in [5, 5.41) is 54.5. The van der Waals surface area contributed by atoms with E-state index in [2.05, 4.69) is 57.2 Å². The first-order valence-electron chi connectivity index (χ1n) is 19.6. The molecule has 6 rings (SSSR count). The van der Waals surface area contributed by atoms with E-state index in [1.54, 1.807) is 12.1 Å². The van der Waals surface area contributed by atoms with Crippen LogP contribution in [0.4, 0.5) is 0 Å². The van der Waals surface area contributed by atoms with E-state index in [0.717, 1.165) is 77.9 Å². The minimum atomic E-state index is -0.624. The SMILES string of the molecule is COc1cc(Cc2cc(C(C)(C)c3ccc(C(C)(c4cc(C)c(O)c(C)c4)c4cc(C)c(O)c(C)c4)cc3)cc(Cc3cc(C)c(O)c(C)c3)c2O)cc(OC)c1O. The molecule has 6 aromatic rings. The molecule has 7 nitrogen and oxygen atoms in total. The molecule has 0 aliphatic heterocycles. The monoisotopic (exact) mass is 780 g/mol.